The smallest absolute Gasteiger partial charge is 0.321 e. The average Bonchev–Trinajstić information content (AvgIpc) is 2.96. The molecule has 0 spiro atoms. The van der Waals surface area contributed by atoms with Crippen LogP contribution >= 0.6 is 0 Å². The van der Waals surface area contributed by atoms with Gasteiger partial charge < -0.3 is 5.32 Å². The molecule has 0 radical (unpaired) electrons. The Morgan fingerprint density at radius 2 is 1.70 bits per heavy atom. The molecule has 2 aromatic carbocycles. The second-order valence-corrected chi connectivity index (χ2v) is 7.03. The van der Waals surface area contributed by atoms with Crippen LogP contribution in [0.2, 0.25) is 0 Å². The molecule has 1 fully saturated rings. The van der Waals surface area contributed by atoms with Crippen LogP contribution in [0.5, 0.6) is 0 Å². The maximum Gasteiger partial charge on any atom is 0.321 e. The number of nitrogens with one attached hydrogen (secondary N) is 2. The normalized spacial score (nSPS) is 14.6. The summed E-state index contributed by atoms with van der Waals surface area (Å²) in [6, 6.07) is 13.2. The van der Waals surface area contributed by atoms with E-state index in [9.17, 15) is 13.2 Å². The minimum Gasteiger partial charge on any atom is -0.336 e. The molecule has 0 saturated carbocycles. The van der Waals surface area contributed by atoms with Crippen molar-refractivity contribution in [1.82, 2.24) is 5.32 Å². The number of nitrogens with zero attached hydrogens (tertiary/aromatic N) is 1. The zero-order chi connectivity index (χ0) is 16.4. The number of sulfonamides is 1. The highest BCUT2D eigenvalue weighted by Gasteiger charge is 2.22. The monoisotopic (exact) mass is 329 g/mol. The number of anilines is 2. The van der Waals surface area contributed by atoms with Crippen molar-refractivity contribution in [2.75, 3.05) is 22.7 Å². The maximum absolute atomic E-state index is 12.4. The van der Waals surface area contributed by atoms with Gasteiger partial charge in [-0.15, -0.1) is 0 Å². The van der Waals surface area contributed by atoms with E-state index >= 15 is 0 Å². The Kier molecular flexibility index (Phi) is 4.00. The van der Waals surface area contributed by atoms with Gasteiger partial charge in [0, 0.05) is 24.5 Å². The molecule has 1 aliphatic rings. The van der Waals surface area contributed by atoms with Gasteiger partial charge in [-0.2, -0.15) is 0 Å². The van der Waals surface area contributed by atoms with Crippen LogP contribution in [0.25, 0.3) is 0 Å². The van der Waals surface area contributed by atoms with Crippen LogP contribution in [0, 0.1) is 0 Å². The lowest BCUT2D eigenvalue weighted by atomic mass is 9.96. The molecule has 0 atom stereocenters. The Labute approximate surface area is 136 Å². The first-order valence-corrected chi connectivity index (χ1v) is 8.69. The third-order valence-corrected chi connectivity index (χ3v) is 5.02. The van der Waals surface area contributed by atoms with Crippen molar-refractivity contribution >= 4 is 40.7 Å². The third kappa shape index (κ3) is 3.32. The van der Waals surface area contributed by atoms with Crippen molar-refractivity contribution in [2.45, 2.75) is 4.90 Å². The summed E-state index contributed by atoms with van der Waals surface area (Å²) >= 11 is 0. The van der Waals surface area contributed by atoms with Crippen LogP contribution in [0.15, 0.2) is 53.4 Å². The molecule has 3 rings (SSSR count). The predicted octanol–water partition coefficient (Wildman–Crippen LogP) is 0.275. The summed E-state index contributed by atoms with van der Waals surface area (Å²) in [5, 5.41) is 2.71. The average molecular weight is 329 g/mol. The molecule has 2 amide bonds. The van der Waals surface area contributed by atoms with Gasteiger partial charge in [-0.05, 0) is 36.4 Å². The van der Waals surface area contributed by atoms with E-state index in [1.807, 2.05) is 20.0 Å². The first kappa shape index (κ1) is 15.4. The topological polar surface area (TPSA) is 78.5 Å². The highest BCUT2D eigenvalue weighted by Crippen LogP contribution is 2.21. The van der Waals surface area contributed by atoms with Crippen molar-refractivity contribution < 1.29 is 13.2 Å². The molecule has 6 nitrogen and oxygen atoms in total. The summed E-state index contributed by atoms with van der Waals surface area (Å²) in [5.74, 6) is 0. The van der Waals surface area contributed by atoms with Gasteiger partial charge in [-0.1, -0.05) is 17.6 Å². The van der Waals surface area contributed by atoms with Crippen LogP contribution in [0.3, 0.4) is 0 Å². The summed E-state index contributed by atoms with van der Waals surface area (Å²) < 4.78 is 27.3. The van der Waals surface area contributed by atoms with Gasteiger partial charge in [0.05, 0.1) is 4.90 Å². The maximum atomic E-state index is 12.4. The van der Waals surface area contributed by atoms with E-state index in [2.05, 4.69) is 10.0 Å². The lowest BCUT2D eigenvalue weighted by Gasteiger charge is -2.15. The van der Waals surface area contributed by atoms with Gasteiger partial charge in [0.1, 0.15) is 7.85 Å². The molecule has 1 heterocycles. The number of amides is 2. The molecule has 2 N–H and O–H groups in total. The van der Waals surface area contributed by atoms with E-state index in [-0.39, 0.29) is 10.9 Å². The summed E-state index contributed by atoms with van der Waals surface area (Å²) in [4.78, 5) is 13.3. The molecule has 0 aromatic heterocycles. The molecular weight excluding hydrogens is 313 g/mol. The van der Waals surface area contributed by atoms with E-state index < -0.39 is 10.0 Å². The fourth-order valence-corrected chi connectivity index (χ4v) is 3.42. The molecule has 1 aliphatic heterocycles. The summed E-state index contributed by atoms with van der Waals surface area (Å²) in [6.45, 7) is 1.17. The van der Waals surface area contributed by atoms with Crippen molar-refractivity contribution in [3.05, 3.63) is 48.5 Å². The van der Waals surface area contributed by atoms with Crippen LogP contribution in [0.4, 0.5) is 16.2 Å². The van der Waals surface area contributed by atoms with E-state index in [4.69, 9.17) is 0 Å². The third-order valence-electron chi connectivity index (χ3n) is 3.62. The van der Waals surface area contributed by atoms with Crippen molar-refractivity contribution in [2.24, 2.45) is 0 Å². The lowest BCUT2D eigenvalue weighted by Crippen LogP contribution is -2.27. The molecular formula is C15H16BN3O3S. The van der Waals surface area contributed by atoms with Gasteiger partial charge in [-0.25, -0.2) is 13.2 Å². The number of hydrogen-bond donors (Lipinski definition) is 2. The number of hydrogen-bond acceptors (Lipinski definition) is 3. The largest absolute Gasteiger partial charge is 0.336 e. The van der Waals surface area contributed by atoms with Crippen LogP contribution < -0.4 is 20.4 Å². The lowest BCUT2D eigenvalue weighted by molar-refractivity contribution is 0.252. The molecule has 0 aliphatic carbocycles. The number of benzene rings is 2. The van der Waals surface area contributed by atoms with Crippen LogP contribution in [-0.4, -0.2) is 35.4 Å². The first-order chi connectivity index (χ1) is 11.0. The van der Waals surface area contributed by atoms with Gasteiger partial charge in [-0.3, -0.25) is 9.62 Å². The second kappa shape index (κ2) is 5.96. The molecule has 8 heteroatoms. The molecule has 23 heavy (non-hydrogen) atoms. The van der Waals surface area contributed by atoms with E-state index in [1.54, 1.807) is 29.2 Å². The minimum atomic E-state index is -3.65. The molecule has 0 bridgehead atoms. The van der Waals surface area contributed by atoms with E-state index in [1.165, 1.54) is 12.1 Å². The van der Waals surface area contributed by atoms with Crippen LogP contribution in [-0.2, 0) is 10.0 Å². The van der Waals surface area contributed by atoms with Crippen molar-refractivity contribution in [1.29, 1.82) is 0 Å². The second-order valence-electron chi connectivity index (χ2n) is 5.35. The Morgan fingerprint density at radius 1 is 1.04 bits per heavy atom. The fraction of sp³-hybridized carbons (Fsp3) is 0.133. The first-order valence-electron chi connectivity index (χ1n) is 7.21. The Balaban J connectivity index is 1.80. The number of carbonyl (C=O) groups excluding carboxylic acids is 1. The number of rotatable bonds is 4. The molecule has 2 aromatic rings. The van der Waals surface area contributed by atoms with Gasteiger partial charge >= 0.3 is 6.03 Å². The molecule has 1 saturated heterocycles. The highest BCUT2D eigenvalue weighted by atomic mass is 32.2. The molecule has 0 unspecified atom stereocenters. The SMILES string of the molecule is Bc1ccc(NS(=O)(=O)c2ccc(N3CCNC3=O)cc2)cc1. The fourth-order valence-electron chi connectivity index (χ4n) is 2.36. The quantitative estimate of drug-likeness (QED) is 0.791. The Bertz CT molecular complexity index is 820. The standard InChI is InChI=1S/C15H16BN3O3S/c16-11-1-3-12(4-2-11)18-23(21,22)14-7-5-13(6-8-14)19-10-9-17-15(19)20/h1-8,18H,9-10,16H2,(H,17,20). The van der Waals surface area contributed by atoms with Gasteiger partial charge in [0.2, 0.25) is 0 Å². The Morgan fingerprint density at radius 3 is 2.26 bits per heavy atom. The predicted molar refractivity (Wildman–Crippen MR) is 92.6 cm³/mol. The van der Waals surface area contributed by atoms with Gasteiger partial charge in [0.25, 0.3) is 10.0 Å². The zero-order valence-corrected chi connectivity index (χ0v) is 13.4. The van der Waals surface area contributed by atoms with Crippen LogP contribution in [0.1, 0.15) is 0 Å². The highest BCUT2D eigenvalue weighted by molar-refractivity contribution is 7.92. The van der Waals surface area contributed by atoms with Crippen molar-refractivity contribution in [3.63, 3.8) is 0 Å². The zero-order valence-electron chi connectivity index (χ0n) is 12.6. The summed E-state index contributed by atoms with van der Waals surface area (Å²) in [7, 11) is -1.71. The summed E-state index contributed by atoms with van der Waals surface area (Å²) in [6.07, 6.45) is 0. The molecule has 118 valence electrons. The number of urea groups is 1. The Hall–Kier alpha value is -2.48. The van der Waals surface area contributed by atoms with E-state index in [0.717, 1.165) is 5.46 Å². The summed E-state index contributed by atoms with van der Waals surface area (Å²) in [5.41, 5.74) is 2.24. The van der Waals surface area contributed by atoms with E-state index in [0.29, 0.717) is 24.5 Å². The minimum absolute atomic E-state index is 0.154. The van der Waals surface area contributed by atoms with Gasteiger partial charge in [0.15, 0.2) is 0 Å². The van der Waals surface area contributed by atoms with Crippen molar-refractivity contribution in [3.8, 4) is 0 Å². The number of carbonyl (C=O) groups is 1.